The summed E-state index contributed by atoms with van der Waals surface area (Å²) in [4.78, 5) is 21.8. The molecule has 1 atom stereocenters. The van der Waals surface area contributed by atoms with Crippen molar-refractivity contribution in [2.75, 3.05) is 5.75 Å². The van der Waals surface area contributed by atoms with E-state index in [0.717, 1.165) is 11.3 Å². The van der Waals surface area contributed by atoms with Crippen LogP contribution in [0.5, 0.6) is 0 Å². The van der Waals surface area contributed by atoms with Crippen LogP contribution in [0, 0.1) is 0 Å². The van der Waals surface area contributed by atoms with Crippen molar-refractivity contribution in [3.8, 4) is 0 Å². The van der Waals surface area contributed by atoms with Gasteiger partial charge in [-0.2, -0.15) is 11.8 Å². The van der Waals surface area contributed by atoms with Gasteiger partial charge >= 0.3 is 5.97 Å². The molecule has 0 aliphatic heterocycles. The third kappa shape index (κ3) is 5.98. The number of thioether (sulfide) groups is 1. The highest BCUT2D eigenvalue weighted by Gasteiger charge is 2.17. The quantitative estimate of drug-likeness (QED) is 0.760. The molecule has 19 heavy (non-hydrogen) atoms. The Kier molecular flexibility index (Phi) is 6.73. The van der Waals surface area contributed by atoms with Crippen molar-refractivity contribution in [1.82, 2.24) is 5.32 Å². The van der Waals surface area contributed by atoms with Crippen LogP contribution in [-0.2, 0) is 15.3 Å². The van der Waals surface area contributed by atoms with Gasteiger partial charge in [-0.3, -0.25) is 4.79 Å². The number of halogens is 1. The largest absolute Gasteiger partial charge is 0.480 e. The molecule has 1 unspecified atom stereocenters. The highest BCUT2D eigenvalue weighted by atomic mass is 35.5. The summed E-state index contributed by atoms with van der Waals surface area (Å²) >= 11 is 7.61. The molecule has 0 fully saturated rings. The number of carbonyl (C=O) groups is 2. The monoisotopic (exact) mass is 301 g/mol. The van der Waals surface area contributed by atoms with Crippen molar-refractivity contribution in [2.45, 2.75) is 25.1 Å². The minimum absolute atomic E-state index is 0.330. The third-order valence-electron chi connectivity index (χ3n) is 2.44. The first-order valence-corrected chi connectivity index (χ1v) is 7.35. The summed E-state index contributed by atoms with van der Waals surface area (Å²) in [7, 11) is 0. The molecule has 0 spiro atoms. The van der Waals surface area contributed by atoms with E-state index in [1.165, 1.54) is 6.92 Å². The second-order valence-corrected chi connectivity index (χ2v) is 5.54. The lowest BCUT2D eigenvalue weighted by molar-refractivity contribution is -0.141. The van der Waals surface area contributed by atoms with E-state index in [1.54, 1.807) is 11.8 Å². The Morgan fingerprint density at radius 1 is 1.42 bits per heavy atom. The van der Waals surface area contributed by atoms with E-state index in [2.05, 4.69) is 5.32 Å². The molecular formula is C13H16ClNO3S. The molecule has 0 bridgehead atoms. The molecule has 0 aliphatic carbocycles. The molecular weight excluding hydrogens is 286 g/mol. The van der Waals surface area contributed by atoms with Gasteiger partial charge in [0.25, 0.3) is 0 Å². The van der Waals surface area contributed by atoms with Crippen molar-refractivity contribution < 1.29 is 14.7 Å². The molecule has 104 valence electrons. The number of aliphatic carboxylic acids is 1. The lowest BCUT2D eigenvalue weighted by Crippen LogP contribution is -2.39. The SMILES string of the molecule is CC(=O)NC(CCSCc1ccccc1Cl)C(=O)O. The first-order valence-electron chi connectivity index (χ1n) is 5.81. The first kappa shape index (κ1) is 15.9. The van der Waals surface area contributed by atoms with Crippen LogP contribution in [0.3, 0.4) is 0 Å². The Labute approximate surface area is 121 Å². The number of hydrogen-bond acceptors (Lipinski definition) is 3. The Balaban J connectivity index is 2.35. The summed E-state index contributed by atoms with van der Waals surface area (Å²) < 4.78 is 0. The number of rotatable bonds is 7. The maximum Gasteiger partial charge on any atom is 0.326 e. The van der Waals surface area contributed by atoms with Gasteiger partial charge in [-0.1, -0.05) is 29.8 Å². The summed E-state index contributed by atoms with van der Waals surface area (Å²) in [5.74, 6) is 0.0335. The van der Waals surface area contributed by atoms with Crippen LogP contribution in [0.1, 0.15) is 18.9 Å². The topological polar surface area (TPSA) is 66.4 Å². The van der Waals surface area contributed by atoms with Crippen molar-refractivity contribution >= 4 is 35.2 Å². The first-order chi connectivity index (χ1) is 9.00. The maximum absolute atomic E-state index is 10.9. The molecule has 1 amide bonds. The maximum atomic E-state index is 10.9. The molecule has 4 nitrogen and oxygen atoms in total. The van der Waals surface area contributed by atoms with Crippen LogP contribution in [0.15, 0.2) is 24.3 Å². The number of amides is 1. The molecule has 0 aliphatic rings. The van der Waals surface area contributed by atoms with E-state index in [9.17, 15) is 9.59 Å². The van der Waals surface area contributed by atoms with Crippen LogP contribution >= 0.6 is 23.4 Å². The van der Waals surface area contributed by atoms with Gasteiger partial charge in [0.15, 0.2) is 0 Å². The fourth-order valence-corrected chi connectivity index (χ4v) is 2.80. The van der Waals surface area contributed by atoms with E-state index in [0.29, 0.717) is 17.2 Å². The van der Waals surface area contributed by atoms with Crippen LogP contribution in [0.25, 0.3) is 0 Å². The van der Waals surface area contributed by atoms with Crippen molar-refractivity contribution in [1.29, 1.82) is 0 Å². The fraction of sp³-hybridized carbons (Fsp3) is 0.385. The minimum atomic E-state index is -1.01. The average Bonchev–Trinajstić information content (AvgIpc) is 2.34. The second kappa shape index (κ2) is 8.07. The normalized spacial score (nSPS) is 11.9. The fourth-order valence-electron chi connectivity index (χ4n) is 1.50. The Hall–Kier alpha value is -1.20. The lowest BCUT2D eigenvalue weighted by atomic mass is 10.2. The molecule has 0 saturated heterocycles. The predicted molar refractivity (Wildman–Crippen MR) is 77.5 cm³/mol. The molecule has 0 saturated carbocycles. The van der Waals surface area contributed by atoms with Crippen LogP contribution in [-0.4, -0.2) is 28.8 Å². The van der Waals surface area contributed by atoms with Crippen molar-refractivity contribution in [3.05, 3.63) is 34.9 Å². The minimum Gasteiger partial charge on any atom is -0.480 e. The average molecular weight is 302 g/mol. The smallest absolute Gasteiger partial charge is 0.326 e. The zero-order valence-corrected chi connectivity index (χ0v) is 12.1. The molecule has 0 radical (unpaired) electrons. The number of carboxylic acid groups (broad SMARTS) is 1. The predicted octanol–water partition coefficient (Wildman–Crippen LogP) is 2.55. The second-order valence-electron chi connectivity index (χ2n) is 4.02. The van der Waals surface area contributed by atoms with E-state index >= 15 is 0 Å². The van der Waals surface area contributed by atoms with Gasteiger partial charge < -0.3 is 10.4 Å². The summed E-state index contributed by atoms with van der Waals surface area (Å²) in [6.07, 6.45) is 0.393. The van der Waals surface area contributed by atoms with E-state index in [4.69, 9.17) is 16.7 Å². The Bertz CT molecular complexity index is 453. The number of nitrogens with one attached hydrogen (secondary N) is 1. The van der Waals surface area contributed by atoms with Gasteiger partial charge in [0, 0.05) is 17.7 Å². The molecule has 2 N–H and O–H groups in total. The summed E-state index contributed by atoms with van der Waals surface area (Å²) in [6.45, 7) is 1.31. The highest BCUT2D eigenvalue weighted by molar-refractivity contribution is 7.98. The molecule has 0 aromatic heterocycles. The van der Waals surface area contributed by atoms with Gasteiger partial charge in [0.2, 0.25) is 5.91 Å². The van der Waals surface area contributed by atoms with Gasteiger partial charge in [0.1, 0.15) is 6.04 Å². The summed E-state index contributed by atoms with van der Waals surface area (Å²) in [5, 5.41) is 12.1. The van der Waals surface area contributed by atoms with E-state index in [1.807, 2.05) is 24.3 Å². The van der Waals surface area contributed by atoms with Crippen LogP contribution < -0.4 is 5.32 Å². The van der Waals surface area contributed by atoms with Gasteiger partial charge in [-0.25, -0.2) is 4.79 Å². The molecule has 1 aromatic carbocycles. The summed E-state index contributed by atoms with van der Waals surface area (Å²) in [5.41, 5.74) is 1.03. The number of hydrogen-bond donors (Lipinski definition) is 2. The molecule has 6 heteroatoms. The van der Waals surface area contributed by atoms with Crippen LogP contribution in [0.2, 0.25) is 5.02 Å². The van der Waals surface area contributed by atoms with Crippen molar-refractivity contribution in [2.24, 2.45) is 0 Å². The lowest BCUT2D eigenvalue weighted by Gasteiger charge is -2.12. The zero-order valence-electron chi connectivity index (χ0n) is 10.6. The molecule has 1 aromatic rings. The number of benzene rings is 1. The number of carboxylic acids is 1. The van der Waals surface area contributed by atoms with Crippen LogP contribution in [0.4, 0.5) is 0 Å². The van der Waals surface area contributed by atoms with Gasteiger partial charge in [-0.05, 0) is 23.8 Å². The summed E-state index contributed by atoms with van der Waals surface area (Å²) in [6, 6.07) is 6.73. The Morgan fingerprint density at radius 3 is 2.68 bits per heavy atom. The molecule has 1 rings (SSSR count). The zero-order chi connectivity index (χ0) is 14.3. The third-order valence-corrected chi connectivity index (χ3v) is 3.85. The standard InChI is InChI=1S/C13H16ClNO3S/c1-9(16)15-12(13(17)18)6-7-19-8-10-4-2-3-5-11(10)14/h2-5,12H,6-8H2,1H3,(H,15,16)(H,17,18). The number of carbonyl (C=O) groups excluding carboxylic acids is 1. The molecule has 0 heterocycles. The van der Waals surface area contributed by atoms with Crippen molar-refractivity contribution in [3.63, 3.8) is 0 Å². The van der Waals surface area contributed by atoms with Gasteiger partial charge in [-0.15, -0.1) is 0 Å². The highest BCUT2D eigenvalue weighted by Crippen LogP contribution is 2.21. The van der Waals surface area contributed by atoms with E-state index in [-0.39, 0.29) is 5.91 Å². The van der Waals surface area contributed by atoms with E-state index < -0.39 is 12.0 Å². The van der Waals surface area contributed by atoms with Gasteiger partial charge in [0.05, 0.1) is 0 Å². The Morgan fingerprint density at radius 2 is 2.11 bits per heavy atom.